The van der Waals surface area contributed by atoms with Gasteiger partial charge in [0.2, 0.25) is 11.8 Å². The minimum absolute atomic E-state index is 0.0560. The molecular formula is C20H27N3O2. The molecule has 2 aliphatic carbocycles. The quantitative estimate of drug-likeness (QED) is 0.844. The number of rotatable bonds is 4. The third-order valence-electron chi connectivity index (χ3n) is 6.41. The van der Waals surface area contributed by atoms with Crippen LogP contribution in [0.4, 0.5) is 0 Å². The zero-order valence-corrected chi connectivity index (χ0v) is 15.1. The number of carbonyl (C=O) groups excluding carboxylic acids is 2. The van der Waals surface area contributed by atoms with Gasteiger partial charge < -0.3 is 9.80 Å². The molecule has 1 aliphatic heterocycles. The number of aromatic nitrogens is 1. The topological polar surface area (TPSA) is 53.5 Å². The van der Waals surface area contributed by atoms with E-state index in [-0.39, 0.29) is 23.2 Å². The lowest BCUT2D eigenvalue weighted by molar-refractivity contribution is -0.139. The van der Waals surface area contributed by atoms with Crippen LogP contribution in [0.3, 0.4) is 0 Å². The minimum Gasteiger partial charge on any atom is -0.342 e. The van der Waals surface area contributed by atoms with E-state index in [1.54, 1.807) is 11.1 Å². The first kappa shape index (κ1) is 16.6. The SMILES string of the molecule is CC1CC(C(=O)N2CCC3(CC3C(=O)N(C)Cc3ccccn3)C2)C1. The summed E-state index contributed by atoms with van der Waals surface area (Å²) in [6.07, 6.45) is 5.75. The monoisotopic (exact) mass is 341 g/mol. The van der Waals surface area contributed by atoms with E-state index >= 15 is 0 Å². The molecule has 0 bridgehead atoms. The third-order valence-corrected chi connectivity index (χ3v) is 6.41. The van der Waals surface area contributed by atoms with Gasteiger partial charge in [-0.25, -0.2) is 0 Å². The fraction of sp³-hybridized carbons (Fsp3) is 0.650. The van der Waals surface area contributed by atoms with Crippen LogP contribution in [-0.4, -0.2) is 46.7 Å². The Morgan fingerprint density at radius 3 is 2.84 bits per heavy atom. The van der Waals surface area contributed by atoms with Crippen LogP contribution >= 0.6 is 0 Å². The van der Waals surface area contributed by atoms with Crippen LogP contribution in [0.2, 0.25) is 0 Å². The summed E-state index contributed by atoms with van der Waals surface area (Å²) in [6, 6.07) is 5.78. The molecule has 1 aromatic heterocycles. The lowest BCUT2D eigenvalue weighted by atomic mass is 9.75. The van der Waals surface area contributed by atoms with Crippen molar-refractivity contribution >= 4 is 11.8 Å². The standard InChI is InChI=1S/C20H27N3O2/c1-14-9-15(10-14)18(24)23-8-6-20(13-23)11-17(20)19(25)22(2)12-16-5-3-4-7-21-16/h3-5,7,14-15,17H,6,8-13H2,1-2H3. The van der Waals surface area contributed by atoms with Crippen LogP contribution < -0.4 is 0 Å². The molecule has 2 heterocycles. The molecule has 0 N–H and O–H groups in total. The Hall–Kier alpha value is -1.91. The molecule has 2 amide bonds. The Bertz CT molecular complexity index is 671. The summed E-state index contributed by atoms with van der Waals surface area (Å²) in [6.45, 7) is 4.37. The van der Waals surface area contributed by atoms with Crippen molar-refractivity contribution in [3.63, 3.8) is 0 Å². The summed E-state index contributed by atoms with van der Waals surface area (Å²) >= 11 is 0. The van der Waals surface area contributed by atoms with Gasteiger partial charge in [-0.2, -0.15) is 0 Å². The highest BCUT2D eigenvalue weighted by Gasteiger charge is 2.62. The zero-order chi connectivity index (χ0) is 17.6. The van der Waals surface area contributed by atoms with Crippen LogP contribution in [0, 0.1) is 23.2 Å². The molecule has 5 heteroatoms. The van der Waals surface area contributed by atoms with Crippen LogP contribution in [0.25, 0.3) is 0 Å². The highest BCUT2D eigenvalue weighted by atomic mass is 16.2. The number of likely N-dealkylation sites (tertiary alicyclic amines) is 1. The van der Waals surface area contributed by atoms with E-state index in [1.165, 1.54) is 0 Å². The van der Waals surface area contributed by atoms with Crippen molar-refractivity contribution in [3.05, 3.63) is 30.1 Å². The van der Waals surface area contributed by atoms with E-state index in [2.05, 4.69) is 11.9 Å². The Balaban J connectivity index is 1.32. The van der Waals surface area contributed by atoms with Crippen molar-refractivity contribution < 1.29 is 9.59 Å². The smallest absolute Gasteiger partial charge is 0.226 e. The van der Waals surface area contributed by atoms with Crippen LogP contribution in [0.5, 0.6) is 0 Å². The average molecular weight is 341 g/mol. The van der Waals surface area contributed by atoms with Crippen molar-refractivity contribution in [2.45, 2.75) is 39.2 Å². The molecule has 4 rings (SSSR count). The van der Waals surface area contributed by atoms with Crippen LogP contribution in [0.15, 0.2) is 24.4 Å². The van der Waals surface area contributed by atoms with Gasteiger partial charge in [-0.05, 0) is 43.7 Å². The van der Waals surface area contributed by atoms with Gasteiger partial charge in [-0.3, -0.25) is 14.6 Å². The number of carbonyl (C=O) groups is 2. The van der Waals surface area contributed by atoms with E-state index in [0.717, 1.165) is 44.5 Å². The molecule has 134 valence electrons. The maximum absolute atomic E-state index is 12.8. The molecule has 3 fully saturated rings. The molecule has 25 heavy (non-hydrogen) atoms. The summed E-state index contributed by atoms with van der Waals surface area (Å²) in [5.74, 6) is 1.55. The fourth-order valence-electron chi connectivity index (χ4n) is 4.67. The molecule has 2 unspecified atom stereocenters. The normalized spacial score (nSPS) is 33.2. The first-order valence-electron chi connectivity index (χ1n) is 9.42. The zero-order valence-electron chi connectivity index (χ0n) is 15.1. The Kier molecular flexibility index (Phi) is 4.05. The van der Waals surface area contributed by atoms with Gasteiger partial charge in [0.25, 0.3) is 0 Å². The molecule has 2 saturated carbocycles. The molecule has 1 aromatic rings. The molecule has 3 aliphatic rings. The second-order valence-electron chi connectivity index (χ2n) is 8.42. The number of hydrogen-bond donors (Lipinski definition) is 0. The first-order chi connectivity index (χ1) is 12.0. The van der Waals surface area contributed by atoms with Crippen molar-refractivity contribution in [3.8, 4) is 0 Å². The molecule has 0 radical (unpaired) electrons. The average Bonchev–Trinajstić information content (AvgIpc) is 3.11. The fourth-order valence-corrected chi connectivity index (χ4v) is 4.67. The minimum atomic E-state index is 0.0560. The lowest BCUT2D eigenvalue weighted by Crippen LogP contribution is -2.40. The van der Waals surface area contributed by atoms with Crippen molar-refractivity contribution in [2.75, 3.05) is 20.1 Å². The third kappa shape index (κ3) is 3.05. The Morgan fingerprint density at radius 1 is 1.36 bits per heavy atom. The Labute approximate surface area is 149 Å². The molecule has 5 nitrogen and oxygen atoms in total. The summed E-state index contributed by atoms with van der Waals surface area (Å²) in [5, 5.41) is 0. The maximum Gasteiger partial charge on any atom is 0.226 e. The van der Waals surface area contributed by atoms with Crippen molar-refractivity contribution in [1.82, 2.24) is 14.8 Å². The van der Waals surface area contributed by atoms with Gasteiger partial charge in [0.1, 0.15) is 0 Å². The summed E-state index contributed by atoms with van der Waals surface area (Å²) in [5.41, 5.74) is 0.968. The van der Waals surface area contributed by atoms with E-state index in [1.807, 2.05) is 30.1 Å². The molecule has 2 atom stereocenters. The summed E-state index contributed by atoms with van der Waals surface area (Å²) < 4.78 is 0. The van der Waals surface area contributed by atoms with E-state index in [4.69, 9.17) is 0 Å². The Morgan fingerprint density at radius 2 is 2.16 bits per heavy atom. The van der Waals surface area contributed by atoms with Gasteiger partial charge in [-0.15, -0.1) is 0 Å². The number of nitrogens with zero attached hydrogens (tertiary/aromatic N) is 3. The summed E-state index contributed by atoms with van der Waals surface area (Å²) in [7, 11) is 1.86. The van der Waals surface area contributed by atoms with Gasteiger partial charge in [0.15, 0.2) is 0 Å². The van der Waals surface area contributed by atoms with E-state index in [9.17, 15) is 9.59 Å². The molecule has 1 spiro atoms. The van der Waals surface area contributed by atoms with Crippen molar-refractivity contribution in [1.29, 1.82) is 0 Å². The van der Waals surface area contributed by atoms with Crippen molar-refractivity contribution in [2.24, 2.45) is 23.2 Å². The summed E-state index contributed by atoms with van der Waals surface area (Å²) in [4.78, 5) is 33.5. The second kappa shape index (κ2) is 6.11. The van der Waals surface area contributed by atoms with E-state index < -0.39 is 0 Å². The lowest BCUT2D eigenvalue weighted by Gasteiger charge is -2.34. The maximum atomic E-state index is 12.8. The molecular weight excluding hydrogens is 314 g/mol. The first-order valence-corrected chi connectivity index (χ1v) is 9.42. The largest absolute Gasteiger partial charge is 0.342 e. The van der Waals surface area contributed by atoms with Crippen LogP contribution in [0.1, 0.15) is 38.3 Å². The number of hydrogen-bond acceptors (Lipinski definition) is 3. The highest BCUT2D eigenvalue weighted by Crippen LogP contribution is 2.59. The highest BCUT2D eigenvalue weighted by molar-refractivity contribution is 5.84. The van der Waals surface area contributed by atoms with Gasteiger partial charge in [-0.1, -0.05) is 13.0 Å². The van der Waals surface area contributed by atoms with E-state index in [0.29, 0.717) is 18.4 Å². The molecule has 0 aromatic carbocycles. The van der Waals surface area contributed by atoms with Gasteiger partial charge in [0.05, 0.1) is 12.2 Å². The number of pyridine rings is 1. The predicted molar refractivity (Wildman–Crippen MR) is 94.3 cm³/mol. The van der Waals surface area contributed by atoms with Gasteiger partial charge in [0, 0.05) is 43.6 Å². The predicted octanol–water partition coefficient (Wildman–Crippen LogP) is 2.32. The molecule has 1 saturated heterocycles. The number of amides is 2. The van der Waals surface area contributed by atoms with Gasteiger partial charge >= 0.3 is 0 Å². The van der Waals surface area contributed by atoms with Crippen LogP contribution in [-0.2, 0) is 16.1 Å². The second-order valence-corrected chi connectivity index (χ2v) is 8.42.